The highest BCUT2D eigenvalue weighted by Gasteiger charge is 2.21. The second-order valence-electron chi connectivity index (χ2n) is 4.46. The Kier molecular flexibility index (Phi) is 5.60. The molecule has 90 valence electrons. The Labute approximate surface area is 91.8 Å². The molecule has 15 heavy (non-hydrogen) atoms. The van der Waals surface area contributed by atoms with Crippen molar-refractivity contribution in [3.8, 4) is 0 Å². The van der Waals surface area contributed by atoms with Crippen LogP contribution in [-0.4, -0.2) is 54.9 Å². The summed E-state index contributed by atoms with van der Waals surface area (Å²) in [6, 6.07) is -0.110. The summed E-state index contributed by atoms with van der Waals surface area (Å²) in [5.74, 6) is 0. The van der Waals surface area contributed by atoms with Crippen molar-refractivity contribution in [2.24, 2.45) is 0 Å². The summed E-state index contributed by atoms with van der Waals surface area (Å²) in [6.07, 6.45) is 0. The standard InChI is InChI=1S/C10H23N3O2/c1-8(10(2,3)15)11-6-7-12-9(14)13(4)5/h8,11,15H,6-7H2,1-5H3,(H,12,14). The predicted molar refractivity (Wildman–Crippen MR) is 60.8 cm³/mol. The first-order valence-electron chi connectivity index (χ1n) is 5.16. The van der Waals surface area contributed by atoms with E-state index in [9.17, 15) is 9.90 Å². The van der Waals surface area contributed by atoms with Crippen LogP contribution in [0.15, 0.2) is 0 Å². The van der Waals surface area contributed by atoms with E-state index in [-0.39, 0.29) is 12.1 Å². The zero-order valence-electron chi connectivity index (χ0n) is 10.3. The largest absolute Gasteiger partial charge is 0.389 e. The third-order valence-electron chi connectivity index (χ3n) is 2.32. The van der Waals surface area contributed by atoms with Gasteiger partial charge in [0.25, 0.3) is 0 Å². The number of hydrogen-bond donors (Lipinski definition) is 3. The Hall–Kier alpha value is -0.810. The molecule has 5 nitrogen and oxygen atoms in total. The summed E-state index contributed by atoms with van der Waals surface area (Å²) in [5, 5.41) is 15.5. The third kappa shape index (κ3) is 6.30. The predicted octanol–water partition coefficient (Wildman–Crippen LogP) is 0.00660. The lowest BCUT2D eigenvalue weighted by atomic mass is 10.0. The molecule has 5 heteroatoms. The Morgan fingerprint density at radius 3 is 2.33 bits per heavy atom. The minimum absolute atomic E-state index is 0.00578. The van der Waals surface area contributed by atoms with Gasteiger partial charge in [0.15, 0.2) is 0 Å². The normalized spacial score (nSPS) is 13.5. The van der Waals surface area contributed by atoms with Crippen LogP contribution in [0.1, 0.15) is 20.8 Å². The molecule has 0 saturated carbocycles. The van der Waals surface area contributed by atoms with E-state index in [0.29, 0.717) is 13.1 Å². The molecule has 0 aliphatic rings. The highest BCUT2D eigenvalue weighted by molar-refractivity contribution is 5.73. The summed E-state index contributed by atoms with van der Waals surface area (Å²) < 4.78 is 0. The monoisotopic (exact) mass is 217 g/mol. The molecule has 0 saturated heterocycles. The van der Waals surface area contributed by atoms with Crippen molar-refractivity contribution in [2.45, 2.75) is 32.4 Å². The average molecular weight is 217 g/mol. The second kappa shape index (κ2) is 5.92. The lowest BCUT2D eigenvalue weighted by molar-refractivity contribution is 0.0447. The molecule has 0 aromatic heterocycles. The van der Waals surface area contributed by atoms with E-state index >= 15 is 0 Å². The molecule has 0 aromatic rings. The van der Waals surface area contributed by atoms with Gasteiger partial charge in [-0.25, -0.2) is 4.79 Å². The first kappa shape index (κ1) is 14.2. The fraction of sp³-hybridized carbons (Fsp3) is 0.900. The Morgan fingerprint density at radius 2 is 1.93 bits per heavy atom. The van der Waals surface area contributed by atoms with E-state index in [1.165, 1.54) is 4.90 Å². The second-order valence-corrected chi connectivity index (χ2v) is 4.46. The number of carbonyl (C=O) groups is 1. The van der Waals surface area contributed by atoms with Gasteiger partial charge in [-0.15, -0.1) is 0 Å². The van der Waals surface area contributed by atoms with Crippen molar-refractivity contribution in [1.82, 2.24) is 15.5 Å². The van der Waals surface area contributed by atoms with Crippen molar-refractivity contribution in [3.05, 3.63) is 0 Å². The minimum Gasteiger partial charge on any atom is -0.389 e. The van der Waals surface area contributed by atoms with Gasteiger partial charge in [0, 0.05) is 33.2 Å². The van der Waals surface area contributed by atoms with Gasteiger partial charge in [0.05, 0.1) is 5.60 Å². The zero-order chi connectivity index (χ0) is 12.1. The maximum absolute atomic E-state index is 11.1. The molecule has 1 atom stereocenters. The highest BCUT2D eigenvalue weighted by Crippen LogP contribution is 2.06. The topological polar surface area (TPSA) is 64.6 Å². The van der Waals surface area contributed by atoms with E-state index in [0.717, 1.165) is 0 Å². The van der Waals surface area contributed by atoms with Crippen LogP contribution < -0.4 is 10.6 Å². The summed E-state index contributed by atoms with van der Waals surface area (Å²) in [5.41, 5.74) is -0.744. The van der Waals surface area contributed by atoms with Crippen molar-refractivity contribution in [3.63, 3.8) is 0 Å². The first-order chi connectivity index (χ1) is 6.75. The molecule has 0 spiro atoms. The molecule has 0 aromatic carbocycles. The summed E-state index contributed by atoms with van der Waals surface area (Å²) in [7, 11) is 3.39. The zero-order valence-corrected chi connectivity index (χ0v) is 10.3. The van der Waals surface area contributed by atoms with Crippen LogP contribution in [0, 0.1) is 0 Å². The van der Waals surface area contributed by atoms with Gasteiger partial charge in [0.1, 0.15) is 0 Å². The number of nitrogens with one attached hydrogen (secondary N) is 2. The van der Waals surface area contributed by atoms with E-state index < -0.39 is 5.60 Å². The average Bonchev–Trinajstić information content (AvgIpc) is 2.09. The molecular formula is C10H23N3O2. The van der Waals surface area contributed by atoms with Gasteiger partial charge >= 0.3 is 6.03 Å². The maximum atomic E-state index is 11.1. The van der Waals surface area contributed by atoms with Crippen LogP contribution in [0.3, 0.4) is 0 Å². The van der Waals surface area contributed by atoms with Crippen molar-refractivity contribution in [2.75, 3.05) is 27.2 Å². The molecule has 1 unspecified atom stereocenters. The first-order valence-corrected chi connectivity index (χ1v) is 5.16. The van der Waals surface area contributed by atoms with Crippen LogP contribution in [0.4, 0.5) is 4.79 Å². The molecule has 0 radical (unpaired) electrons. The number of hydrogen-bond acceptors (Lipinski definition) is 3. The molecular weight excluding hydrogens is 194 g/mol. The van der Waals surface area contributed by atoms with Crippen LogP contribution in [0.25, 0.3) is 0 Å². The number of aliphatic hydroxyl groups is 1. The van der Waals surface area contributed by atoms with Gasteiger partial charge in [-0.3, -0.25) is 0 Å². The van der Waals surface area contributed by atoms with Gasteiger partial charge < -0.3 is 20.6 Å². The lowest BCUT2D eigenvalue weighted by Gasteiger charge is -2.27. The van der Waals surface area contributed by atoms with E-state index in [1.54, 1.807) is 27.9 Å². The number of carbonyl (C=O) groups excluding carboxylic acids is 1. The van der Waals surface area contributed by atoms with Crippen LogP contribution in [-0.2, 0) is 0 Å². The Balaban J connectivity index is 3.60. The number of rotatable bonds is 5. The van der Waals surface area contributed by atoms with Crippen LogP contribution in [0.5, 0.6) is 0 Å². The fourth-order valence-electron chi connectivity index (χ4n) is 0.866. The van der Waals surface area contributed by atoms with Gasteiger partial charge in [0.2, 0.25) is 0 Å². The van der Waals surface area contributed by atoms with Gasteiger partial charge in [-0.05, 0) is 20.8 Å². The SMILES string of the molecule is CC(NCCNC(=O)N(C)C)C(C)(C)O. The summed E-state index contributed by atoms with van der Waals surface area (Å²) in [4.78, 5) is 12.6. The van der Waals surface area contributed by atoms with Gasteiger partial charge in [-0.2, -0.15) is 0 Å². The van der Waals surface area contributed by atoms with Crippen molar-refractivity contribution < 1.29 is 9.90 Å². The molecule has 0 aliphatic heterocycles. The fourth-order valence-corrected chi connectivity index (χ4v) is 0.866. The molecule has 0 heterocycles. The lowest BCUT2D eigenvalue weighted by Crippen LogP contribution is -2.47. The van der Waals surface area contributed by atoms with Crippen molar-refractivity contribution in [1.29, 1.82) is 0 Å². The molecule has 0 fully saturated rings. The Morgan fingerprint density at radius 1 is 1.40 bits per heavy atom. The van der Waals surface area contributed by atoms with Crippen LogP contribution in [0.2, 0.25) is 0 Å². The number of amides is 2. The molecule has 0 rings (SSSR count). The maximum Gasteiger partial charge on any atom is 0.316 e. The van der Waals surface area contributed by atoms with Gasteiger partial charge in [-0.1, -0.05) is 0 Å². The molecule has 0 aliphatic carbocycles. The van der Waals surface area contributed by atoms with E-state index in [4.69, 9.17) is 0 Å². The smallest absolute Gasteiger partial charge is 0.316 e. The van der Waals surface area contributed by atoms with E-state index in [2.05, 4.69) is 10.6 Å². The quantitative estimate of drug-likeness (QED) is 0.568. The van der Waals surface area contributed by atoms with Crippen LogP contribution >= 0.6 is 0 Å². The summed E-state index contributed by atoms with van der Waals surface area (Å²) >= 11 is 0. The summed E-state index contributed by atoms with van der Waals surface area (Å²) in [6.45, 7) is 6.61. The van der Waals surface area contributed by atoms with E-state index in [1.807, 2.05) is 6.92 Å². The minimum atomic E-state index is -0.744. The number of urea groups is 1. The molecule has 0 bridgehead atoms. The van der Waals surface area contributed by atoms with Crippen molar-refractivity contribution >= 4 is 6.03 Å². The third-order valence-corrected chi connectivity index (χ3v) is 2.32. The highest BCUT2D eigenvalue weighted by atomic mass is 16.3. The number of nitrogens with zero attached hydrogens (tertiary/aromatic N) is 1. The molecule has 2 amide bonds. The molecule has 3 N–H and O–H groups in total. The Bertz CT molecular complexity index is 199.